The third-order valence-corrected chi connectivity index (χ3v) is 5.45. The lowest BCUT2D eigenvalue weighted by Crippen LogP contribution is -2.44. The molecule has 0 unspecified atom stereocenters. The second-order valence-electron chi connectivity index (χ2n) is 11.0. The summed E-state index contributed by atoms with van der Waals surface area (Å²) in [5.74, 6) is 2.69. The molecule has 6 nitrogen and oxygen atoms in total. The van der Waals surface area contributed by atoms with Gasteiger partial charge in [-0.05, 0) is 74.0 Å². The molecular weight excluding hydrogens is 440 g/mol. The Morgan fingerprint density at radius 1 is 0.909 bits per heavy atom. The van der Waals surface area contributed by atoms with Crippen LogP contribution in [0.1, 0.15) is 129 Å². The van der Waals surface area contributed by atoms with Crippen molar-refractivity contribution in [1.82, 2.24) is 0 Å². The molecule has 0 amide bonds. The van der Waals surface area contributed by atoms with Crippen LogP contribution >= 0.6 is 0 Å². The maximum absolute atomic E-state index is 9.56. The zero-order valence-corrected chi connectivity index (χ0v) is 22.3. The van der Waals surface area contributed by atoms with Crippen molar-refractivity contribution in [3.05, 3.63) is 0 Å². The molecule has 4 saturated carbocycles. The van der Waals surface area contributed by atoms with Gasteiger partial charge in [-0.1, -0.05) is 76.7 Å². The minimum Gasteiger partial charge on any atom is -0.481 e. The van der Waals surface area contributed by atoms with Crippen LogP contribution in [0, 0.1) is 28.6 Å². The quantitative estimate of drug-likeness (QED) is 0.380. The Labute approximate surface area is 207 Å². The summed E-state index contributed by atoms with van der Waals surface area (Å²) < 4.78 is 30.7. The standard InChI is InChI=1S/C11H18.C5H12.C3H6O2.C3H8.C2H6O4S.2CH4/c1-11-5-8-2-9(6-11)4-10(3-8)7-11;1-5(2,3)4;1-2-3(4)5;1-3-2;1-2-6-7(3,4)5;;/h8-10H,2-7H2,1H3;1-4H3;2H2,1H3,(H,4,5);3H2,1-2H3;2H2,1H3,(H,3,4,5);2*1H4. The van der Waals surface area contributed by atoms with Gasteiger partial charge in [-0.25, -0.2) is 4.18 Å². The van der Waals surface area contributed by atoms with Crippen LogP contribution in [0.2, 0.25) is 0 Å². The number of carboxylic acid groups (broad SMARTS) is 1. The van der Waals surface area contributed by atoms with E-state index in [1.807, 2.05) is 0 Å². The van der Waals surface area contributed by atoms with Crippen molar-refractivity contribution in [2.24, 2.45) is 28.6 Å². The van der Waals surface area contributed by atoms with Gasteiger partial charge in [0.1, 0.15) is 0 Å². The zero-order chi connectivity index (χ0) is 24.9. The summed E-state index contributed by atoms with van der Waals surface area (Å²) in [5.41, 5.74) is 1.30. The highest BCUT2D eigenvalue weighted by molar-refractivity contribution is 7.80. The molecule has 4 aliphatic rings. The fraction of sp³-hybridized carbons (Fsp3) is 0.962. The van der Waals surface area contributed by atoms with E-state index in [0.717, 1.165) is 23.2 Å². The van der Waals surface area contributed by atoms with E-state index in [-0.39, 0.29) is 27.9 Å². The zero-order valence-electron chi connectivity index (χ0n) is 21.5. The van der Waals surface area contributed by atoms with Crippen molar-refractivity contribution in [3.63, 3.8) is 0 Å². The number of carboxylic acids is 1. The maximum atomic E-state index is 9.56. The summed E-state index contributed by atoms with van der Waals surface area (Å²) in [6, 6.07) is 0. The molecule has 0 radical (unpaired) electrons. The second kappa shape index (κ2) is 18.6. The lowest BCUT2D eigenvalue weighted by atomic mass is 9.50. The predicted octanol–water partition coefficient (Wildman–Crippen LogP) is 8.27. The maximum Gasteiger partial charge on any atom is 0.397 e. The van der Waals surface area contributed by atoms with Gasteiger partial charge in [0.2, 0.25) is 0 Å². The van der Waals surface area contributed by atoms with Crippen LogP contribution in [0.3, 0.4) is 0 Å². The van der Waals surface area contributed by atoms with Crippen LogP contribution in [-0.2, 0) is 19.4 Å². The summed E-state index contributed by atoms with van der Waals surface area (Å²) in [7, 11) is -4.17. The van der Waals surface area contributed by atoms with E-state index in [1.165, 1.54) is 13.3 Å². The number of rotatable bonds is 3. The Hall–Kier alpha value is -0.660. The fourth-order valence-electron chi connectivity index (χ4n) is 4.69. The molecule has 4 bridgehead atoms. The highest BCUT2D eigenvalue weighted by Crippen LogP contribution is 2.59. The van der Waals surface area contributed by atoms with Gasteiger partial charge in [0.25, 0.3) is 0 Å². The van der Waals surface area contributed by atoms with Gasteiger partial charge in [-0.3, -0.25) is 9.35 Å². The third kappa shape index (κ3) is 25.8. The minimum absolute atomic E-state index is 0. The van der Waals surface area contributed by atoms with Crippen molar-refractivity contribution < 1.29 is 27.1 Å². The molecule has 33 heavy (non-hydrogen) atoms. The first-order valence-corrected chi connectivity index (χ1v) is 13.2. The minimum atomic E-state index is -4.17. The third-order valence-electron chi connectivity index (χ3n) is 4.91. The molecule has 0 aliphatic heterocycles. The van der Waals surface area contributed by atoms with E-state index in [9.17, 15) is 13.2 Å². The van der Waals surface area contributed by atoms with E-state index >= 15 is 0 Å². The van der Waals surface area contributed by atoms with Crippen LogP contribution in [-0.4, -0.2) is 30.7 Å². The van der Waals surface area contributed by atoms with Crippen LogP contribution in [0.15, 0.2) is 0 Å². The summed E-state index contributed by atoms with van der Waals surface area (Å²) >= 11 is 0. The summed E-state index contributed by atoms with van der Waals surface area (Å²) in [5, 5.41) is 7.72. The van der Waals surface area contributed by atoms with Gasteiger partial charge in [-0.15, -0.1) is 0 Å². The fourth-order valence-corrected chi connectivity index (χ4v) is 4.99. The van der Waals surface area contributed by atoms with Crippen molar-refractivity contribution in [1.29, 1.82) is 0 Å². The van der Waals surface area contributed by atoms with Crippen molar-refractivity contribution in [2.45, 2.75) is 129 Å². The summed E-state index contributed by atoms with van der Waals surface area (Å²) in [4.78, 5) is 9.37. The molecular formula is C26H58O6S. The van der Waals surface area contributed by atoms with E-state index in [1.54, 1.807) is 45.4 Å². The molecule has 4 aliphatic carbocycles. The normalized spacial score (nSPS) is 26.1. The number of carbonyl (C=O) groups is 1. The average molecular weight is 499 g/mol. The van der Waals surface area contributed by atoms with E-state index in [0.29, 0.717) is 5.41 Å². The van der Waals surface area contributed by atoms with Crippen LogP contribution < -0.4 is 0 Å². The number of aliphatic carboxylic acids is 1. The molecule has 7 heteroatoms. The van der Waals surface area contributed by atoms with Crippen LogP contribution in [0.25, 0.3) is 0 Å². The molecule has 4 fully saturated rings. The molecule has 0 heterocycles. The molecule has 0 atom stereocenters. The van der Waals surface area contributed by atoms with Gasteiger partial charge in [0.15, 0.2) is 0 Å². The summed E-state index contributed by atoms with van der Waals surface area (Å²) in [6.45, 7) is 18.6. The van der Waals surface area contributed by atoms with Crippen LogP contribution in [0.5, 0.6) is 0 Å². The lowest BCUT2D eigenvalue weighted by molar-refractivity contribution is -0.136. The highest BCUT2D eigenvalue weighted by atomic mass is 32.3. The lowest BCUT2D eigenvalue weighted by Gasteiger charge is -2.55. The number of hydrogen-bond donors (Lipinski definition) is 2. The van der Waals surface area contributed by atoms with Gasteiger partial charge < -0.3 is 5.11 Å². The second-order valence-corrected chi connectivity index (χ2v) is 12.1. The molecule has 0 aromatic rings. The van der Waals surface area contributed by atoms with Gasteiger partial charge >= 0.3 is 16.4 Å². The van der Waals surface area contributed by atoms with Gasteiger partial charge in [-0.2, -0.15) is 8.42 Å². The summed E-state index contributed by atoms with van der Waals surface area (Å²) in [6.07, 6.45) is 10.9. The van der Waals surface area contributed by atoms with Gasteiger partial charge in [0.05, 0.1) is 6.61 Å². The topological polar surface area (TPSA) is 101 Å². The van der Waals surface area contributed by atoms with Crippen molar-refractivity contribution in [2.75, 3.05) is 6.61 Å². The largest absolute Gasteiger partial charge is 0.481 e. The molecule has 0 spiro atoms. The predicted molar refractivity (Wildman–Crippen MR) is 142 cm³/mol. The van der Waals surface area contributed by atoms with E-state index in [4.69, 9.17) is 9.66 Å². The Morgan fingerprint density at radius 2 is 1.15 bits per heavy atom. The first kappa shape index (κ1) is 39.5. The Balaban J connectivity index is -0.000000170. The van der Waals surface area contributed by atoms with E-state index < -0.39 is 16.4 Å². The van der Waals surface area contributed by atoms with E-state index in [2.05, 4.69) is 52.6 Å². The Kier molecular flexibility index (Phi) is 22.3. The molecule has 0 saturated heterocycles. The van der Waals surface area contributed by atoms with Crippen molar-refractivity contribution >= 4 is 16.4 Å². The molecule has 0 aromatic carbocycles. The monoisotopic (exact) mass is 498 g/mol. The van der Waals surface area contributed by atoms with Crippen LogP contribution in [0.4, 0.5) is 0 Å². The molecule has 0 aromatic heterocycles. The Morgan fingerprint density at radius 3 is 1.24 bits per heavy atom. The highest BCUT2D eigenvalue weighted by Gasteiger charge is 2.48. The number of hydrogen-bond acceptors (Lipinski definition) is 4. The molecule has 204 valence electrons. The molecule has 4 rings (SSSR count). The SMILES string of the molecule is C.C.CC(C)(C)C.CC12CC3CC(CC(C3)C1)C2.CCC.CCC(=O)O.CCOS(=O)(=O)O. The first-order chi connectivity index (χ1) is 14.0. The van der Waals surface area contributed by atoms with Gasteiger partial charge in [0, 0.05) is 6.42 Å². The first-order valence-electron chi connectivity index (χ1n) is 11.8. The molecule has 2 N–H and O–H groups in total. The van der Waals surface area contributed by atoms with Crippen molar-refractivity contribution in [3.8, 4) is 0 Å². The smallest absolute Gasteiger partial charge is 0.397 e. The average Bonchev–Trinajstić information content (AvgIpc) is 2.51. The Bertz CT molecular complexity index is 537.